The van der Waals surface area contributed by atoms with E-state index in [-0.39, 0.29) is 16.5 Å². The van der Waals surface area contributed by atoms with Crippen LogP contribution in [-0.4, -0.2) is 16.1 Å². The number of nitrogens with two attached hydrogens (primary N) is 1. The van der Waals surface area contributed by atoms with Crippen LogP contribution in [0.4, 0.5) is 5.69 Å². The van der Waals surface area contributed by atoms with Crippen LogP contribution in [-0.2, 0) is 11.2 Å². The number of nitrogens with zero attached hydrogens (tertiary/aromatic N) is 1. The van der Waals surface area contributed by atoms with E-state index in [9.17, 15) is 4.79 Å². The predicted molar refractivity (Wildman–Crippen MR) is 80.5 cm³/mol. The summed E-state index contributed by atoms with van der Waals surface area (Å²) >= 11 is 18.0. The van der Waals surface area contributed by atoms with Gasteiger partial charge in [0.1, 0.15) is 0 Å². The molecule has 2 aromatic rings. The highest BCUT2D eigenvalue weighted by Crippen LogP contribution is 2.39. The zero-order chi connectivity index (χ0) is 14.9. The fraction of sp³-hybridized carbons (Fsp3) is 0.0769. The molecule has 1 aromatic heterocycles. The average Bonchev–Trinajstić information content (AvgIpc) is 2.38. The van der Waals surface area contributed by atoms with Gasteiger partial charge in [-0.05, 0) is 24.3 Å². The van der Waals surface area contributed by atoms with Crippen LogP contribution in [0.2, 0.25) is 15.1 Å². The molecule has 4 nitrogen and oxygen atoms in total. The largest absolute Gasteiger partial charge is 0.481 e. The van der Waals surface area contributed by atoms with Crippen LogP contribution >= 0.6 is 34.8 Å². The van der Waals surface area contributed by atoms with Crippen molar-refractivity contribution in [3.05, 3.63) is 45.0 Å². The minimum absolute atomic E-state index is 0.202. The van der Waals surface area contributed by atoms with E-state index in [0.29, 0.717) is 27.7 Å². The number of hydrogen-bond donors (Lipinski definition) is 2. The number of benzene rings is 1. The number of halogens is 3. The van der Waals surface area contributed by atoms with Crippen molar-refractivity contribution in [2.24, 2.45) is 0 Å². The molecule has 104 valence electrons. The first-order valence-electron chi connectivity index (χ1n) is 5.51. The first-order chi connectivity index (χ1) is 9.40. The summed E-state index contributed by atoms with van der Waals surface area (Å²) < 4.78 is 0. The summed E-state index contributed by atoms with van der Waals surface area (Å²) in [6.45, 7) is 0. The van der Waals surface area contributed by atoms with Gasteiger partial charge < -0.3 is 10.8 Å². The fourth-order valence-electron chi connectivity index (χ4n) is 1.69. The third-order valence-electron chi connectivity index (χ3n) is 2.61. The number of aliphatic carboxylic acids is 1. The van der Waals surface area contributed by atoms with E-state index in [0.717, 1.165) is 0 Å². The molecule has 2 rings (SSSR count). The Kier molecular flexibility index (Phi) is 4.38. The molecular formula is C13H9Cl3N2O2. The SMILES string of the molecule is Nc1ccc(CC(=O)O)nc1-c1ccc(Cl)c(Cl)c1Cl. The number of carbonyl (C=O) groups is 1. The Morgan fingerprint density at radius 3 is 2.50 bits per heavy atom. The van der Waals surface area contributed by atoms with Crippen LogP contribution in [0, 0.1) is 0 Å². The van der Waals surface area contributed by atoms with Crippen LogP contribution in [0.15, 0.2) is 24.3 Å². The fourth-order valence-corrected chi connectivity index (χ4v) is 2.31. The van der Waals surface area contributed by atoms with E-state index in [1.807, 2.05) is 0 Å². The minimum Gasteiger partial charge on any atom is -0.481 e. The number of anilines is 1. The smallest absolute Gasteiger partial charge is 0.309 e. The first kappa shape index (κ1) is 14.9. The third-order valence-corrected chi connectivity index (χ3v) is 3.90. The summed E-state index contributed by atoms with van der Waals surface area (Å²) in [5.74, 6) is -0.978. The second-order valence-corrected chi connectivity index (χ2v) is 5.20. The topological polar surface area (TPSA) is 76.2 Å². The monoisotopic (exact) mass is 330 g/mol. The average molecular weight is 332 g/mol. The third kappa shape index (κ3) is 2.98. The maximum Gasteiger partial charge on any atom is 0.309 e. The molecule has 1 aromatic carbocycles. The van der Waals surface area contributed by atoms with Crippen LogP contribution < -0.4 is 5.73 Å². The van der Waals surface area contributed by atoms with Crippen molar-refractivity contribution < 1.29 is 9.90 Å². The molecule has 0 aliphatic rings. The zero-order valence-corrected chi connectivity index (χ0v) is 12.3. The molecule has 0 aliphatic carbocycles. The van der Waals surface area contributed by atoms with Crippen molar-refractivity contribution in [3.8, 4) is 11.3 Å². The van der Waals surface area contributed by atoms with Crippen molar-refractivity contribution in [3.63, 3.8) is 0 Å². The Balaban J connectivity index is 2.57. The molecule has 0 saturated carbocycles. The van der Waals surface area contributed by atoms with Gasteiger partial charge in [0.15, 0.2) is 0 Å². The highest BCUT2D eigenvalue weighted by molar-refractivity contribution is 6.49. The van der Waals surface area contributed by atoms with E-state index < -0.39 is 5.97 Å². The van der Waals surface area contributed by atoms with Crippen molar-refractivity contribution in [1.29, 1.82) is 0 Å². The van der Waals surface area contributed by atoms with Gasteiger partial charge in [-0.25, -0.2) is 4.98 Å². The zero-order valence-electron chi connectivity index (χ0n) is 10.0. The van der Waals surface area contributed by atoms with Crippen molar-refractivity contribution in [2.75, 3.05) is 5.73 Å². The van der Waals surface area contributed by atoms with E-state index in [1.165, 1.54) is 0 Å². The Morgan fingerprint density at radius 2 is 1.85 bits per heavy atom. The lowest BCUT2D eigenvalue weighted by molar-refractivity contribution is -0.136. The van der Waals surface area contributed by atoms with Crippen molar-refractivity contribution in [2.45, 2.75) is 6.42 Å². The second-order valence-electron chi connectivity index (χ2n) is 4.03. The molecule has 0 atom stereocenters. The Morgan fingerprint density at radius 1 is 1.15 bits per heavy atom. The number of hydrogen-bond acceptors (Lipinski definition) is 3. The predicted octanol–water partition coefficient (Wildman–Crippen LogP) is 3.92. The molecule has 0 spiro atoms. The summed E-state index contributed by atoms with van der Waals surface area (Å²) in [6.07, 6.45) is -0.202. The number of rotatable bonds is 3. The number of aromatic nitrogens is 1. The Bertz CT molecular complexity index is 690. The van der Waals surface area contributed by atoms with Gasteiger partial charge in [0.25, 0.3) is 0 Å². The number of carboxylic acids is 1. The molecule has 0 bridgehead atoms. The van der Waals surface area contributed by atoms with Gasteiger partial charge in [0.2, 0.25) is 0 Å². The summed E-state index contributed by atoms with van der Waals surface area (Å²) in [7, 11) is 0. The van der Waals surface area contributed by atoms with Crippen LogP contribution in [0.25, 0.3) is 11.3 Å². The number of pyridine rings is 1. The molecule has 1 heterocycles. The standard InChI is InChI=1S/C13H9Cl3N2O2/c14-8-3-2-7(11(15)12(8)16)13-9(17)4-1-6(18-13)5-10(19)20/h1-4H,5,17H2,(H,19,20). The maximum atomic E-state index is 10.7. The van der Waals surface area contributed by atoms with Gasteiger partial charge >= 0.3 is 5.97 Å². The summed E-state index contributed by atoms with van der Waals surface area (Å²) in [5, 5.41) is 9.55. The molecule has 0 fully saturated rings. The van der Waals surface area contributed by atoms with Crippen LogP contribution in [0.5, 0.6) is 0 Å². The quantitative estimate of drug-likeness (QED) is 0.836. The van der Waals surface area contributed by atoms with E-state index >= 15 is 0 Å². The highest BCUT2D eigenvalue weighted by Gasteiger charge is 2.15. The maximum absolute atomic E-state index is 10.7. The van der Waals surface area contributed by atoms with Gasteiger partial charge in [-0.3, -0.25) is 4.79 Å². The molecular weight excluding hydrogens is 323 g/mol. The van der Waals surface area contributed by atoms with Crippen molar-refractivity contribution in [1.82, 2.24) is 4.98 Å². The first-order valence-corrected chi connectivity index (χ1v) is 6.64. The summed E-state index contributed by atoms with van der Waals surface area (Å²) in [4.78, 5) is 15.0. The minimum atomic E-state index is -0.978. The summed E-state index contributed by atoms with van der Waals surface area (Å²) in [5.41, 5.74) is 7.50. The molecule has 0 saturated heterocycles. The lowest BCUT2D eigenvalue weighted by Gasteiger charge is -2.10. The molecule has 3 N–H and O–H groups in total. The van der Waals surface area contributed by atoms with E-state index in [2.05, 4.69) is 4.98 Å². The Hall–Kier alpha value is -1.49. The van der Waals surface area contributed by atoms with Gasteiger partial charge in [-0.2, -0.15) is 0 Å². The number of nitrogen functional groups attached to an aromatic ring is 1. The van der Waals surface area contributed by atoms with Crippen LogP contribution in [0.1, 0.15) is 5.69 Å². The van der Waals surface area contributed by atoms with Crippen molar-refractivity contribution >= 4 is 46.5 Å². The van der Waals surface area contributed by atoms with Gasteiger partial charge in [0.05, 0.1) is 38.6 Å². The molecule has 0 radical (unpaired) electrons. The molecule has 7 heteroatoms. The normalized spacial score (nSPS) is 10.6. The Labute approximate surface area is 130 Å². The molecule has 0 amide bonds. The lowest BCUT2D eigenvalue weighted by atomic mass is 10.1. The van der Waals surface area contributed by atoms with Gasteiger partial charge in [-0.1, -0.05) is 34.8 Å². The van der Waals surface area contributed by atoms with E-state index in [4.69, 9.17) is 45.6 Å². The molecule has 0 unspecified atom stereocenters. The lowest BCUT2D eigenvalue weighted by Crippen LogP contribution is -2.04. The highest BCUT2D eigenvalue weighted by atomic mass is 35.5. The van der Waals surface area contributed by atoms with Gasteiger partial charge in [0, 0.05) is 5.56 Å². The summed E-state index contributed by atoms with van der Waals surface area (Å²) in [6, 6.07) is 6.35. The van der Waals surface area contributed by atoms with E-state index in [1.54, 1.807) is 24.3 Å². The second kappa shape index (κ2) is 5.87. The number of carboxylic acid groups (broad SMARTS) is 1. The van der Waals surface area contributed by atoms with Crippen LogP contribution in [0.3, 0.4) is 0 Å². The van der Waals surface area contributed by atoms with Gasteiger partial charge in [-0.15, -0.1) is 0 Å². The molecule has 0 aliphatic heterocycles. The molecule has 20 heavy (non-hydrogen) atoms.